The van der Waals surface area contributed by atoms with Crippen LogP contribution in [0.4, 0.5) is 11.4 Å². The van der Waals surface area contributed by atoms with Crippen LogP contribution < -0.4 is 11.1 Å². The predicted molar refractivity (Wildman–Crippen MR) is 54.3 cm³/mol. The fourth-order valence-electron chi connectivity index (χ4n) is 0.804. The van der Waals surface area contributed by atoms with Crippen molar-refractivity contribution in [1.29, 1.82) is 0 Å². The van der Waals surface area contributed by atoms with E-state index in [9.17, 15) is 0 Å². The van der Waals surface area contributed by atoms with Crippen molar-refractivity contribution < 1.29 is 0 Å². The molecule has 1 aromatic rings. The highest BCUT2D eigenvalue weighted by Crippen LogP contribution is 2.12. The second-order valence-corrected chi connectivity index (χ2v) is 2.75. The first-order chi connectivity index (χ1) is 5.72. The lowest BCUT2D eigenvalue weighted by Crippen LogP contribution is -1.98. The third-order valence-electron chi connectivity index (χ3n) is 1.39. The highest BCUT2D eigenvalue weighted by molar-refractivity contribution is 6.19. The van der Waals surface area contributed by atoms with Crippen LogP contribution in [0.2, 0.25) is 0 Å². The zero-order valence-electron chi connectivity index (χ0n) is 6.68. The summed E-state index contributed by atoms with van der Waals surface area (Å²) in [4.78, 5) is 0. The molecule has 0 fully saturated rings. The van der Waals surface area contributed by atoms with Gasteiger partial charge in [0, 0.05) is 17.1 Å². The molecule has 0 aliphatic rings. The molecule has 3 heteroatoms. The number of allylic oxidation sites excluding steroid dienone is 1. The van der Waals surface area contributed by atoms with E-state index in [1.807, 2.05) is 24.3 Å². The van der Waals surface area contributed by atoms with E-state index in [-0.39, 0.29) is 0 Å². The van der Waals surface area contributed by atoms with Crippen LogP contribution in [-0.4, -0.2) is 5.88 Å². The molecule has 0 saturated heterocycles. The first-order valence-electron chi connectivity index (χ1n) is 3.58. The molecular weight excluding hydrogens is 172 g/mol. The largest absolute Gasteiger partial charge is 0.399 e. The first-order valence-corrected chi connectivity index (χ1v) is 4.12. The van der Waals surface area contributed by atoms with Crippen molar-refractivity contribution in [2.45, 2.75) is 0 Å². The van der Waals surface area contributed by atoms with Gasteiger partial charge < -0.3 is 11.1 Å². The van der Waals surface area contributed by atoms with Gasteiger partial charge in [0.1, 0.15) is 0 Å². The number of nitrogen functional groups attached to an aromatic ring is 1. The normalized spacial score (nSPS) is 9.42. The first kappa shape index (κ1) is 8.94. The number of anilines is 2. The van der Waals surface area contributed by atoms with Crippen LogP contribution >= 0.6 is 11.6 Å². The lowest BCUT2D eigenvalue weighted by Gasteiger charge is -2.05. The Kier molecular flexibility index (Phi) is 3.00. The molecule has 0 spiro atoms. The molecule has 0 amide bonds. The van der Waals surface area contributed by atoms with Gasteiger partial charge in [0.25, 0.3) is 0 Å². The summed E-state index contributed by atoms with van der Waals surface area (Å²) in [6, 6.07) is 7.41. The van der Waals surface area contributed by atoms with Gasteiger partial charge in [-0.2, -0.15) is 0 Å². The Morgan fingerprint density at radius 3 is 2.50 bits per heavy atom. The summed E-state index contributed by atoms with van der Waals surface area (Å²) in [5.41, 5.74) is 7.99. The fraction of sp³-hybridized carbons (Fsp3) is 0.111. The molecule has 2 nitrogen and oxygen atoms in total. The molecule has 0 atom stereocenters. The molecule has 0 bridgehead atoms. The van der Waals surface area contributed by atoms with E-state index >= 15 is 0 Å². The van der Waals surface area contributed by atoms with Gasteiger partial charge in [0.05, 0.1) is 5.88 Å². The second-order valence-electron chi connectivity index (χ2n) is 2.48. The van der Waals surface area contributed by atoms with Crippen molar-refractivity contribution in [1.82, 2.24) is 0 Å². The van der Waals surface area contributed by atoms with Crippen LogP contribution in [0.3, 0.4) is 0 Å². The lowest BCUT2D eigenvalue weighted by atomic mass is 10.3. The van der Waals surface area contributed by atoms with Crippen molar-refractivity contribution in [2.24, 2.45) is 0 Å². The monoisotopic (exact) mass is 182 g/mol. The Morgan fingerprint density at radius 2 is 2.00 bits per heavy atom. The Hall–Kier alpha value is -1.15. The summed E-state index contributed by atoms with van der Waals surface area (Å²) in [5, 5.41) is 3.04. The van der Waals surface area contributed by atoms with Gasteiger partial charge in [-0.25, -0.2) is 0 Å². The van der Waals surface area contributed by atoms with E-state index in [0.29, 0.717) is 5.88 Å². The minimum atomic E-state index is 0.407. The standard InChI is InChI=1S/C9H11ClN2/c1-7(6-10)12-9-4-2-8(11)3-5-9/h2-5,12H,1,6,11H2. The van der Waals surface area contributed by atoms with Crippen molar-refractivity contribution in [3.63, 3.8) is 0 Å². The zero-order chi connectivity index (χ0) is 8.97. The molecule has 12 heavy (non-hydrogen) atoms. The maximum absolute atomic E-state index is 5.55. The van der Waals surface area contributed by atoms with Gasteiger partial charge in [-0.3, -0.25) is 0 Å². The molecular formula is C9H11ClN2. The van der Waals surface area contributed by atoms with Crippen molar-refractivity contribution in [3.05, 3.63) is 36.5 Å². The number of rotatable bonds is 3. The van der Waals surface area contributed by atoms with E-state index in [0.717, 1.165) is 17.1 Å². The number of benzene rings is 1. The molecule has 0 unspecified atom stereocenters. The van der Waals surface area contributed by atoms with E-state index in [1.54, 1.807) is 0 Å². The third-order valence-corrected chi connectivity index (χ3v) is 1.72. The minimum absolute atomic E-state index is 0.407. The quantitative estimate of drug-likeness (QED) is 0.557. The lowest BCUT2D eigenvalue weighted by molar-refractivity contribution is 1.40. The summed E-state index contributed by atoms with van der Waals surface area (Å²) in [7, 11) is 0. The molecule has 3 N–H and O–H groups in total. The van der Waals surface area contributed by atoms with E-state index in [1.165, 1.54) is 0 Å². The number of nitrogens with two attached hydrogens (primary N) is 1. The molecule has 0 aliphatic heterocycles. The topological polar surface area (TPSA) is 38.0 Å². The Bertz CT molecular complexity index is 266. The summed E-state index contributed by atoms with van der Waals surface area (Å²) in [6.07, 6.45) is 0. The maximum Gasteiger partial charge on any atom is 0.0619 e. The zero-order valence-corrected chi connectivity index (χ0v) is 7.43. The van der Waals surface area contributed by atoms with Gasteiger partial charge in [-0.15, -0.1) is 11.6 Å². The molecule has 0 aliphatic carbocycles. The van der Waals surface area contributed by atoms with Crippen molar-refractivity contribution >= 4 is 23.0 Å². The van der Waals surface area contributed by atoms with E-state index in [2.05, 4.69) is 11.9 Å². The molecule has 0 radical (unpaired) electrons. The van der Waals surface area contributed by atoms with Crippen LogP contribution in [0, 0.1) is 0 Å². The minimum Gasteiger partial charge on any atom is -0.399 e. The Balaban J connectivity index is 2.64. The van der Waals surface area contributed by atoms with Gasteiger partial charge >= 0.3 is 0 Å². The van der Waals surface area contributed by atoms with Crippen LogP contribution in [-0.2, 0) is 0 Å². The Morgan fingerprint density at radius 1 is 1.42 bits per heavy atom. The number of hydrogen-bond acceptors (Lipinski definition) is 2. The maximum atomic E-state index is 5.55. The smallest absolute Gasteiger partial charge is 0.0619 e. The van der Waals surface area contributed by atoms with Crippen LogP contribution in [0.1, 0.15) is 0 Å². The average molecular weight is 183 g/mol. The van der Waals surface area contributed by atoms with Crippen LogP contribution in [0.15, 0.2) is 36.5 Å². The average Bonchev–Trinajstić information content (AvgIpc) is 2.09. The molecule has 1 aromatic carbocycles. The summed E-state index contributed by atoms with van der Waals surface area (Å²) in [6.45, 7) is 3.72. The number of alkyl halides is 1. The molecule has 0 saturated carbocycles. The van der Waals surface area contributed by atoms with E-state index < -0.39 is 0 Å². The van der Waals surface area contributed by atoms with E-state index in [4.69, 9.17) is 17.3 Å². The van der Waals surface area contributed by atoms with Crippen molar-refractivity contribution in [3.8, 4) is 0 Å². The predicted octanol–water partition coefficient (Wildman–Crippen LogP) is 2.43. The summed E-state index contributed by atoms with van der Waals surface area (Å²) >= 11 is 5.55. The molecule has 64 valence electrons. The highest BCUT2D eigenvalue weighted by atomic mass is 35.5. The second kappa shape index (κ2) is 4.02. The molecule has 0 heterocycles. The van der Waals surface area contributed by atoms with Crippen LogP contribution in [0.5, 0.6) is 0 Å². The SMILES string of the molecule is C=C(CCl)Nc1ccc(N)cc1. The summed E-state index contributed by atoms with van der Waals surface area (Å²) in [5.74, 6) is 0.407. The van der Waals surface area contributed by atoms with Gasteiger partial charge in [-0.05, 0) is 24.3 Å². The molecule has 1 rings (SSSR count). The highest BCUT2D eigenvalue weighted by Gasteiger charge is 1.92. The summed E-state index contributed by atoms with van der Waals surface area (Å²) < 4.78 is 0. The number of hydrogen-bond donors (Lipinski definition) is 2. The number of halogens is 1. The van der Waals surface area contributed by atoms with Gasteiger partial charge in [0.15, 0.2) is 0 Å². The Labute approximate surface area is 77.0 Å². The van der Waals surface area contributed by atoms with Crippen molar-refractivity contribution in [2.75, 3.05) is 16.9 Å². The third kappa shape index (κ3) is 2.47. The number of nitrogens with one attached hydrogen (secondary N) is 1. The van der Waals surface area contributed by atoms with Gasteiger partial charge in [0.2, 0.25) is 0 Å². The fourth-order valence-corrected chi connectivity index (χ4v) is 0.871. The van der Waals surface area contributed by atoms with Gasteiger partial charge in [-0.1, -0.05) is 6.58 Å². The molecule has 0 aromatic heterocycles. The van der Waals surface area contributed by atoms with Crippen LogP contribution in [0.25, 0.3) is 0 Å².